The summed E-state index contributed by atoms with van der Waals surface area (Å²) in [4.78, 5) is 22.9. The van der Waals surface area contributed by atoms with Crippen LogP contribution in [0.2, 0.25) is 0 Å². The van der Waals surface area contributed by atoms with Crippen LogP contribution in [-0.2, 0) is 38.0 Å². The molecule has 2 saturated heterocycles. The number of hydrogen-bond donors (Lipinski definition) is 1. The monoisotopic (exact) mass is 403 g/mol. The number of methoxy groups -OCH3 is 2. The van der Waals surface area contributed by atoms with Gasteiger partial charge in [-0.05, 0) is 12.8 Å². The predicted octanol–water partition coefficient (Wildman–Crippen LogP) is 1.12. The summed E-state index contributed by atoms with van der Waals surface area (Å²) in [7, 11) is 2.99. The molecular formula is C19H33NO8. The summed E-state index contributed by atoms with van der Waals surface area (Å²) in [5, 5.41) is 0. The number of hydrogen-bond acceptors (Lipinski definition) is 9. The number of nitrogens with two attached hydrogens (primary N) is 1. The van der Waals surface area contributed by atoms with Crippen molar-refractivity contribution >= 4 is 11.9 Å². The van der Waals surface area contributed by atoms with Crippen LogP contribution < -0.4 is 5.73 Å². The number of ether oxygens (including phenoxy) is 6. The third kappa shape index (κ3) is 5.42. The lowest BCUT2D eigenvalue weighted by Gasteiger charge is -2.54. The normalized spacial score (nSPS) is 32.9. The lowest BCUT2D eigenvalue weighted by Crippen LogP contribution is -2.67. The zero-order chi connectivity index (χ0) is 20.9. The van der Waals surface area contributed by atoms with Crippen molar-refractivity contribution in [1.29, 1.82) is 0 Å². The number of rotatable bonds is 8. The maximum absolute atomic E-state index is 11.6. The molecule has 2 aliphatic rings. The Bertz CT molecular complexity index is 540. The Balaban J connectivity index is 2.11. The van der Waals surface area contributed by atoms with Gasteiger partial charge < -0.3 is 34.2 Å². The fourth-order valence-corrected chi connectivity index (χ4v) is 4.03. The lowest BCUT2D eigenvalue weighted by atomic mass is 9.72. The standard InChI is InChI=1S/C19H33NO8/c1-11(21)27-12(7-6-8-14(22)23-4)9-13-19(2,3)17(24-5)15-16(28-13)18(20)26-10-25-15/h12-13,15-18H,6-10,20H2,1-5H3/t12-,13-,15+,16+,17-,18?/m1/s1. The summed E-state index contributed by atoms with van der Waals surface area (Å²) < 4.78 is 33.3. The summed E-state index contributed by atoms with van der Waals surface area (Å²) in [6.45, 7) is 5.53. The second kappa shape index (κ2) is 9.98. The molecule has 2 N–H and O–H groups in total. The van der Waals surface area contributed by atoms with Gasteiger partial charge in [0.15, 0.2) is 0 Å². The first-order valence-corrected chi connectivity index (χ1v) is 9.61. The Hall–Kier alpha value is -1.26. The van der Waals surface area contributed by atoms with E-state index in [1.165, 1.54) is 14.0 Å². The van der Waals surface area contributed by atoms with Crippen LogP contribution in [0.15, 0.2) is 0 Å². The van der Waals surface area contributed by atoms with E-state index >= 15 is 0 Å². The Morgan fingerprint density at radius 3 is 2.54 bits per heavy atom. The van der Waals surface area contributed by atoms with E-state index in [-0.39, 0.29) is 43.5 Å². The van der Waals surface area contributed by atoms with Crippen LogP contribution in [0.5, 0.6) is 0 Å². The van der Waals surface area contributed by atoms with Crippen molar-refractivity contribution in [2.45, 2.75) is 83.2 Å². The average molecular weight is 403 g/mol. The first-order chi connectivity index (χ1) is 13.2. The highest BCUT2D eigenvalue weighted by Crippen LogP contribution is 2.43. The van der Waals surface area contributed by atoms with Crippen molar-refractivity contribution in [3.63, 3.8) is 0 Å². The number of carbonyl (C=O) groups is 2. The Morgan fingerprint density at radius 1 is 1.21 bits per heavy atom. The molecule has 0 aromatic heterocycles. The molecule has 28 heavy (non-hydrogen) atoms. The highest BCUT2D eigenvalue weighted by atomic mass is 16.7. The minimum atomic E-state index is -0.624. The van der Waals surface area contributed by atoms with Gasteiger partial charge in [0.25, 0.3) is 0 Å². The molecule has 162 valence electrons. The highest BCUT2D eigenvalue weighted by molar-refractivity contribution is 5.69. The fraction of sp³-hybridized carbons (Fsp3) is 0.895. The van der Waals surface area contributed by atoms with Crippen molar-refractivity contribution in [1.82, 2.24) is 0 Å². The van der Waals surface area contributed by atoms with Crippen LogP contribution in [0.4, 0.5) is 0 Å². The van der Waals surface area contributed by atoms with E-state index in [4.69, 9.17) is 29.4 Å². The maximum Gasteiger partial charge on any atom is 0.305 e. The van der Waals surface area contributed by atoms with Crippen LogP contribution in [0, 0.1) is 5.41 Å². The van der Waals surface area contributed by atoms with Gasteiger partial charge in [0.1, 0.15) is 31.3 Å². The summed E-state index contributed by atoms with van der Waals surface area (Å²) in [6.07, 6.45) is -0.639. The van der Waals surface area contributed by atoms with Gasteiger partial charge in [0.05, 0.1) is 19.3 Å². The SMILES string of the molecule is COC(=O)CCC[C@H](C[C@H]1O[C@@H]2C(N)OCO[C@@H]2[C@@H](OC)C1(C)C)OC(C)=O. The summed E-state index contributed by atoms with van der Waals surface area (Å²) in [5.74, 6) is -0.667. The molecule has 0 radical (unpaired) electrons. The van der Waals surface area contributed by atoms with Crippen molar-refractivity contribution < 1.29 is 38.0 Å². The van der Waals surface area contributed by atoms with Crippen LogP contribution >= 0.6 is 0 Å². The molecule has 2 heterocycles. The topological polar surface area (TPSA) is 116 Å². The Kier molecular flexibility index (Phi) is 8.20. The molecule has 0 saturated carbocycles. The van der Waals surface area contributed by atoms with E-state index in [1.54, 1.807) is 7.11 Å². The van der Waals surface area contributed by atoms with Gasteiger partial charge >= 0.3 is 11.9 Å². The molecule has 0 aromatic rings. The van der Waals surface area contributed by atoms with Crippen LogP contribution in [0.1, 0.15) is 46.5 Å². The smallest absolute Gasteiger partial charge is 0.305 e. The third-order valence-corrected chi connectivity index (χ3v) is 5.55. The van der Waals surface area contributed by atoms with E-state index in [1.807, 2.05) is 13.8 Å². The molecule has 0 spiro atoms. The van der Waals surface area contributed by atoms with Crippen LogP contribution in [0.25, 0.3) is 0 Å². The second-order valence-corrected chi connectivity index (χ2v) is 7.88. The summed E-state index contributed by atoms with van der Waals surface area (Å²) in [5.41, 5.74) is 5.66. The number of fused-ring (bicyclic) bond motifs is 1. The van der Waals surface area contributed by atoms with Gasteiger partial charge in [-0.25, -0.2) is 0 Å². The van der Waals surface area contributed by atoms with Gasteiger partial charge in [0.2, 0.25) is 0 Å². The molecule has 9 heteroatoms. The molecule has 2 aliphatic heterocycles. The maximum atomic E-state index is 11.6. The molecule has 0 aliphatic carbocycles. The molecule has 1 unspecified atom stereocenters. The molecular weight excluding hydrogens is 370 g/mol. The van der Waals surface area contributed by atoms with E-state index in [2.05, 4.69) is 4.74 Å². The van der Waals surface area contributed by atoms with Crippen molar-refractivity contribution in [3.8, 4) is 0 Å². The predicted molar refractivity (Wildman–Crippen MR) is 98.1 cm³/mol. The Morgan fingerprint density at radius 2 is 1.93 bits per heavy atom. The largest absolute Gasteiger partial charge is 0.469 e. The van der Waals surface area contributed by atoms with E-state index in [0.717, 1.165) is 0 Å². The van der Waals surface area contributed by atoms with Gasteiger partial charge in [-0.2, -0.15) is 0 Å². The molecule has 0 bridgehead atoms. The molecule has 0 aromatic carbocycles. The van der Waals surface area contributed by atoms with Crippen LogP contribution in [-0.4, -0.2) is 69.7 Å². The quantitative estimate of drug-likeness (QED) is 0.595. The summed E-state index contributed by atoms with van der Waals surface area (Å²) >= 11 is 0. The van der Waals surface area contributed by atoms with E-state index < -0.39 is 23.9 Å². The Labute approximate surface area is 166 Å². The highest BCUT2D eigenvalue weighted by Gasteiger charge is 2.55. The average Bonchev–Trinajstić information content (AvgIpc) is 2.62. The lowest BCUT2D eigenvalue weighted by molar-refractivity contribution is -0.327. The molecule has 6 atom stereocenters. The van der Waals surface area contributed by atoms with Crippen molar-refractivity contribution in [3.05, 3.63) is 0 Å². The minimum absolute atomic E-state index is 0.0932. The molecule has 2 fully saturated rings. The molecule has 0 amide bonds. The number of esters is 2. The molecule has 9 nitrogen and oxygen atoms in total. The number of carbonyl (C=O) groups excluding carboxylic acids is 2. The van der Waals surface area contributed by atoms with Crippen molar-refractivity contribution in [2.75, 3.05) is 21.0 Å². The van der Waals surface area contributed by atoms with E-state index in [9.17, 15) is 9.59 Å². The second-order valence-electron chi connectivity index (χ2n) is 7.88. The minimum Gasteiger partial charge on any atom is -0.469 e. The van der Waals surface area contributed by atoms with E-state index in [0.29, 0.717) is 19.3 Å². The van der Waals surface area contributed by atoms with Gasteiger partial charge in [0, 0.05) is 32.3 Å². The molecule has 2 rings (SSSR count). The first kappa shape index (κ1) is 23.0. The van der Waals surface area contributed by atoms with Gasteiger partial charge in [-0.15, -0.1) is 0 Å². The first-order valence-electron chi connectivity index (χ1n) is 9.61. The van der Waals surface area contributed by atoms with Gasteiger partial charge in [-0.3, -0.25) is 9.59 Å². The zero-order valence-corrected chi connectivity index (χ0v) is 17.3. The summed E-state index contributed by atoms with van der Waals surface area (Å²) in [6, 6.07) is 0. The van der Waals surface area contributed by atoms with Gasteiger partial charge in [-0.1, -0.05) is 13.8 Å². The third-order valence-electron chi connectivity index (χ3n) is 5.55. The van der Waals surface area contributed by atoms with Crippen molar-refractivity contribution in [2.24, 2.45) is 11.1 Å². The zero-order valence-electron chi connectivity index (χ0n) is 17.3. The van der Waals surface area contributed by atoms with Crippen LogP contribution in [0.3, 0.4) is 0 Å². The fourth-order valence-electron chi connectivity index (χ4n) is 4.03.